The molecule has 9 nitrogen and oxygen atoms in total. The van der Waals surface area contributed by atoms with Crippen LogP contribution in [0.1, 0.15) is 30.7 Å². The van der Waals surface area contributed by atoms with Crippen molar-refractivity contribution in [2.45, 2.75) is 46.3 Å². The molecular formula is C23H28F3N7O2S. The molecule has 0 aromatic carbocycles. The fraction of sp³-hybridized carbons (Fsp3) is 0.391. The van der Waals surface area contributed by atoms with E-state index in [2.05, 4.69) is 30.4 Å². The topological polar surface area (TPSA) is 97.2 Å². The summed E-state index contributed by atoms with van der Waals surface area (Å²) < 4.78 is 42.3. The van der Waals surface area contributed by atoms with E-state index in [1.54, 1.807) is 10.9 Å². The Morgan fingerprint density at radius 3 is 2.61 bits per heavy atom. The van der Waals surface area contributed by atoms with Gasteiger partial charge in [0.1, 0.15) is 11.9 Å². The molecule has 4 heterocycles. The summed E-state index contributed by atoms with van der Waals surface area (Å²) >= 11 is 0. The zero-order chi connectivity index (χ0) is 25.3. The van der Waals surface area contributed by atoms with Crippen LogP contribution in [0.15, 0.2) is 36.8 Å². The monoisotopic (exact) mass is 523 g/mol. The highest BCUT2D eigenvalue weighted by Crippen LogP contribution is 2.36. The number of nitrogens with one attached hydrogen (secondary N) is 2. The second-order valence-corrected chi connectivity index (χ2v) is 8.73. The number of alkyl halides is 3. The second-order valence-electron chi connectivity index (χ2n) is 8.73. The number of carbonyl (C=O) groups excluding carboxylic acids is 1. The second kappa shape index (κ2) is 10.6. The number of likely N-dealkylation sites (N-methyl/N-ethyl adjacent to an activating group) is 1. The summed E-state index contributed by atoms with van der Waals surface area (Å²) in [4.78, 5) is 22.7. The maximum atomic E-state index is 12.5. The van der Waals surface area contributed by atoms with Gasteiger partial charge in [-0.25, -0.2) is 9.97 Å². The van der Waals surface area contributed by atoms with Crippen molar-refractivity contribution in [2.24, 2.45) is 5.92 Å². The van der Waals surface area contributed by atoms with Gasteiger partial charge in [-0.3, -0.25) is 9.48 Å². The van der Waals surface area contributed by atoms with Gasteiger partial charge in [-0.1, -0.05) is 19.9 Å². The Morgan fingerprint density at radius 2 is 1.97 bits per heavy atom. The van der Waals surface area contributed by atoms with Gasteiger partial charge in [0.05, 0.1) is 29.8 Å². The van der Waals surface area contributed by atoms with Crippen LogP contribution in [0.2, 0.25) is 0 Å². The highest BCUT2D eigenvalue weighted by atomic mass is 32.1. The number of hydrogen-bond donors (Lipinski definition) is 2. The summed E-state index contributed by atoms with van der Waals surface area (Å²) in [5.74, 6) is 0.270. The highest BCUT2D eigenvalue weighted by Gasteiger charge is 2.34. The number of aromatic nitrogens is 4. The van der Waals surface area contributed by atoms with Crippen LogP contribution >= 0.6 is 13.5 Å². The minimum atomic E-state index is -4.77. The molecular weight excluding hydrogens is 495 g/mol. The number of ether oxygens (including phenoxy) is 1. The highest BCUT2D eigenvalue weighted by molar-refractivity contribution is 7.59. The van der Waals surface area contributed by atoms with Crippen molar-refractivity contribution in [3.63, 3.8) is 0 Å². The smallest absolute Gasteiger partial charge is 0.388 e. The van der Waals surface area contributed by atoms with Gasteiger partial charge in [-0.15, -0.1) is 13.2 Å². The molecule has 3 aromatic heterocycles. The summed E-state index contributed by atoms with van der Waals surface area (Å²) in [6.45, 7) is 6.68. The van der Waals surface area contributed by atoms with Crippen LogP contribution in [0.3, 0.4) is 0 Å². The van der Waals surface area contributed by atoms with E-state index < -0.39 is 12.2 Å². The molecule has 1 amide bonds. The molecule has 0 fully saturated rings. The minimum absolute atomic E-state index is 0. The van der Waals surface area contributed by atoms with E-state index in [1.807, 2.05) is 45.0 Å². The lowest BCUT2D eigenvalue weighted by Crippen LogP contribution is -2.49. The van der Waals surface area contributed by atoms with E-state index in [1.165, 1.54) is 18.3 Å². The average Bonchev–Trinajstić information content (AvgIpc) is 3.20. The molecule has 0 bridgehead atoms. The fourth-order valence-corrected chi connectivity index (χ4v) is 4.10. The van der Waals surface area contributed by atoms with Gasteiger partial charge in [-0.2, -0.15) is 18.6 Å². The molecule has 13 heteroatoms. The number of fused-ring (bicyclic) bond motifs is 1. The zero-order valence-corrected chi connectivity index (χ0v) is 21.2. The number of pyridine rings is 2. The van der Waals surface area contributed by atoms with Gasteiger partial charge >= 0.3 is 6.36 Å². The maximum Gasteiger partial charge on any atom is 0.574 e. The van der Waals surface area contributed by atoms with Crippen LogP contribution in [0.25, 0.3) is 0 Å². The van der Waals surface area contributed by atoms with Crippen molar-refractivity contribution in [1.82, 2.24) is 19.7 Å². The summed E-state index contributed by atoms with van der Waals surface area (Å²) in [6.07, 6.45) is 0.0804. The van der Waals surface area contributed by atoms with Crippen LogP contribution < -0.4 is 20.3 Å². The van der Waals surface area contributed by atoms with Gasteiger partial charge in [0.25, 0.3) is 0 Å². The number of carbonyl (C=O) groups is 1. The molecule has 3 aromatic rings. The van der Waals surface area contributed by atoms with E-state index in [9.17, 15) is 18.0 Å². The first-order chi connectivity index (χ1) is 16.5. The van der Waals surface area contributed by atoms with Gasteiger partial charge in [0.15, 0.2) is 0 Å². The molecule has 194 valence electrons. The first kappa shape index (κ1) is 27.1. The molecule has 1 atom stereocenters. The van der Waals surface area contributed by atoms with Crippen molar-refractivity contribution in [3.8, 4) is 5.88 Å². The fourth-order valence-electron chi connectivity index (χ4n) is 4.10. The summed E-state index contributed by atoms with van der Waals surface area (Å²) in [6, 6.07) is 4.33. The van der Waals surface area contributed by atoms with Crippen LogP contribution in [0, 0.1) is 12.8 Å². The Labute approximate surface area is 213 Å². The van der Waals surface area contributed by atoms with Crippen LogP contribution in [-0.4, -0.2) is 45.1 Å². The number of aryl methyl sites for hydroxylation is 1. The molecule has 2 N–H and O–H groups in total. The van der Waals surface area contributed by atoms with Gasteiger partial charge in [0, 0.05) is 43.7 Å². The predicted octanol–water partition coefficient (Wildman–Crippen LogP) is 4.07. The Hall–Kier alpha value is -3.48. The number of hydrogen-bond acceptors (Lipinski definition) is 7. The Morgan fingerprint density at radius 1 is 1.22 bits per heavy atom. The largest absolute Gasteiger partial charge is 0.574 e. The lowest BCUT2D eigenvalue weighted by Gasteiger charge is -2.38. The molecule has 0 saturated heterocycles. The molecule has 1 aliphatic rings. The minimum Gasteiger partial charge on any atom is -0.388 e. The Kier molecular flexibility index (Phi) is 8.02. The number of nitrogens with zero attached hydrogens (tertiary/aromatic N) is 5. The number of halogens is 3. The third-order valence-corrected chi connectivity index (χ3v) is 5.65. The normalized spacial score (nSPS) is 15.3. The molecule has 0 spiro atoms. The summed E-state index contributed by atoms with van der Waals surface area (Å²) in [7, 11) is 1.91. The van der Waals surface area contributed by atoms with E-state index >= 15 is 0 Å². The van der Waals surface area contributed by atoms with E-state index in [-0.39, 0.29) is 31.4 Å². The Bertz CT molecular complexity index is 1220. The van der Waals surface area contributed by atoms with Crippen LogP contribution in [0.4, 0.5) is 30.4 Å². The van der Waals surface area contributed by atoms with Crippen LogP contribution in [-0.2, 0) is 17.9 Å². The van der Waals surface area contributed by atoms with Gasteiger partial charge < -0.3 is 20.3 Å². The molecule has 1 aliphatic heterocycles. The average molecular weight is 524 g/mol. The van der Waals surface area contributed by atoms with E-state index in [4.69, 9.17) is 0 Å². The van der Waals surface area contributed by atoms with E-state index in [0.717, 1.165) is 11.3 Å². The quantitative estimate of drug-likeness (QED) is 0.482. The first-order valence-electron chi connectivity index (χ1n) is 11.0. The van der Waals surface area contributed by atoms with Gasteiger partial charge in [-0.05, 0) is 18.4 Å². The number of rotatable bonds is 7. The maximum absolute atomic E-state index is 12.5. The van der Waals surface area contributed by atoms with Gasteiger partial charge in [0.2, 0.25) is 11.8 Å². The van der Waals surface area contributed by atoms with Crippen molar-refractivity contribution < 1.29 is 22.7 Å². The van der Waals surface area contributed by atoms with Crippen molar-refractivity contribution in [1.29, 1.82) is 0 Å². The van der Waals surface area contributed by atoms with Crippen molar-refractivity contribution >= 4 is 36.6 Å². The SMILES string of the molecule is Cc1nc(NCc2cnn(Cc3ccc(OC(F)(F)F)nc3)c2)cc2c1NC(=O)[C@H](C(C)C)N2C.S. The number of amides is 1. The standard InChI is InChI=1S/C23H26F3N7O2.H2S/c1-13(2)21-22(34)31-20-14(3)30-18(7-17(20)32(21)4)27-9-16-10-29-33(12-16)11-15-5-6-19(28-8-15)35-23(24,25)26;/h5-8,10,12-13,21H,9,11H2,1-4H3,(H,27,30)(H,31,34);1H2/t21-;/m0./s1. The van der Waals surface area contributed by atoms with E-state index in [0.29, 0.717) is 35.9 Å². The molecule has 0 radical (unpaired) electrons. The summed E-state index contributed by atoms with van der Waals surface area (Å²) in [5.41, 5.74) is 3.91. The molecule has 0 aliphatic carbocycles. The molecule has 4 rings (SSSR count). The Balaban J connectivity index is 0.00000361. The third kappa shape index (κ3) is 6.20. The molecule has 36 heavy (non-hydrogen) atoms. The third-order valence-electron chi connectivity index (χ3n) is 5.65. The first-order valence-corrected chi connectivity index (χ1v) is 11.0. The van der Waals surface area contributed by atoms with Crippen molar-refractivity contribution in [2.75, 3.05) is 22.6 Å². The zero-order valence-electron chi connectivity index (χ0n) is 20.2. The number of anilines is 3. The lowest BCUT2D eigenvalue weighted by molar-refractivity contribution is -0.276. The predicted molar refractivity (Wildman–Crippen MR) is 135 cm³/mol. The molecule has 0 unspecified atom stereocenters. The summed E-state index contributed by atoms with van der Waals surface area (Å²) in [5, 5.41) is 10.6. The molecule has 0 saturated carbocycles. The lowest BCUT2D eigenvalue weighted by atomic mass is 9.98. The van der Waals surface area contributed by atoms with Crippen molar-refractivity contribution in [3.05, 3.63) is 53.6 Å². The van der Waals surface area contributed by atoms with Crippen LogP contribution in [0.5, 0.6) is 5.88 Å².